The van der Waals surface area contributed by atoms with Crippen molar-refractivity contribution in [1.82, 2.24) is 0 Å². The van der Waals surface area contributed by atoms with Gasteiger partial charge in [0.05, 0.1) is 13.2 Å². The van der Waals surface area contributed by atoms with Gasteiger partial charge in [-0.25, -0.2) is 14.4 Å². The summed E-state index contributed by atoms with van der Waals surface area (Å²) in [6.07, 6.45) is 0. The molecule has 0 aromatic carbocycles. The summed E-state index contributed by atoms with van der Waals surface area (Å²) in [5.41, 5.74) is 0. The summed E-state index contributed by atoms with van der Waals surface area (Å²) in [6.45, 7) is -0.807. The van der Waals surface area contributed by atoms with E-state index in [-0.39, 0.29) is 33.0 Å². The fraction of sp³-hybridized carbons (Fsp3) is 0.700. The predicted octanol–water partition coefficient (Wildman–Crippen LogP) is -1.34. The van der Waals surface area contributed by atoms with E-state index in [9.17, 15) is 14.4 Å². The fourth-order valence-corrected chi connectivity index (χ4v) is 1.01. The lowest BCUT2D eigenvalue weighted by molar-refractivity contribution is -0.163. The minimum atomic E-state index is -0.758. The van der Waals surface area contributed by atoms with Crippen molar-refractivity contribution in [3.8, 4) is 0 Å². The topological polar surface area (TPSA) is 97.4 Å². The lowest BCUT2D eigenvalue weighted by Crippen LogP contribution is -2.22. The van der Waals surface area contributed by atoms with Crippen molar-refractivity contribution in [2.45, 2.75) is 0 Å². The van der Waals surface area contributed by atoms with E-state index in [1.54, 1.807) is 0 Å². The molecule has 0 bridgehead atoms. The molecule has 1 aliphatic rings. The zero-order valence-electron chi connectivity index (χ0n) is 9.72. The Hall–Kier alpha value is -1.67. The van der Waals surface area contributed by atoms with Gasteiger partial charge in [-0.05, 0) is 0 Å². The SMILES string of the molecule is O=C1COCC(=O)OCC(=O)OCCOCCO1. The van der Waals surface area contributed by atoms with Crippen molar-refractivity contribution in [3.63, 3.8) is 0 Å². The standard InChI is InChI=1S/C10H14O8/c11-8-5-15-6-9(12)18-7-10(13)17-4-2-14-1-3-16-8/h1-7H2. The molecule has 0 saturated carbocycles. The third kappa shape index (κ3) is 6.81. The van der Waals surface area contributed by atoms with Gasteiger partial charge in [-0.2, -0.15) is 0 Å². The van der Waals surface area contributed by atoms with Crippen LogP contribution in [0, 0.1) is 0 Å². The maximum absolute atomic E-state index is 11.0. The molecule has 0 aromatic rings. The van der Waals surface area contributed by atoms with Gasteiger partial charge in [-0.3, -0.25) is 0 Å². The first-order valence-electron chi connectivity index (χ1n) is 5.31. The Morgan fingerprint density at radius 1 is 0.556 bits per heavy atom. The molecule has 102 valence electrons. The molecule has 8 heteroatoms. The van der Waals surface area contributed by atoms with Gasteiger partial charge >= 0.3 is 17.9 Å². The lowest BCUT2D eigenvalue weighted by atomic mass is 10.6. The van der Waals surface area contributed by atoms with Crippen molar-refractivity contribution in [2.24, 2.45) is 0 Å². The van der Waals surface area contributed by atoms with Crippen LogP contribution in [0.15, 0.2) is 0 Å². The first-order chi connectivity index (χ1) is 8.68. The van der Waals surface area contributed by atoms with E-state index in [4.69, 9.17) is 18.9 Å². The highest BCUT2D eigenvalue weighted by atomic mass is 16.6. The number of ether oxygens (including phenoxy) is 5. The van der Waals surface area contributed by atoms with Crippen molar-refractivity contribution < 1.29 is 38.1 Å². The highest BCUT2D eigenvalue weighted by Crippen LogP contribution is 1.89. The van der Waals surface area contributed by atoms with Crippen LogP contribution < -0.4 is 0 Å². The molecule has 0 aromatic heterocycles. The normalized spacial score (nSPS) is 21.0. The zero-order valence-corrected chi connectivity index (χ0v) is 9.72. The Balaban J connectivity index is 2.35. The molecule has 1 rings (SSSR count). The summed E-state index contributed by atoms with van der Waals surface area (Å²) in [5, 5.41) is 0. The van der Waals surface area contributed by atoms with Crippen LogP contribution >= 0.6 is 0 Å². The summed E-state index contributed by atoms with van der Waals surface area (Å²) in [7, 11) is 0. The minimum absolute atomic E-state index is 0.0425. The number of esters is 3. The summed E-state index contributed by atoms with van der Waals surface area (Å²) in [6, 6.07) is 0. The van der Waals surface area contributed by atoms with Crippen LogP contribution in [0.2, 0.25) is 0 Å². The van der Waals surface area contributed by atoms with Crippen LogP contribution in [-0.2, 0) is 38.1 Å². The maximum atomic E-state index is 11.0. The maximum Gasteiger partial charge on any atom is 0.344 e. The summed E-state index contributed by atoms with van der Waals surface area (Å²) < 4.78 is 23.7. The van der Waals surface area contributed by atoms with Crippen LogP contribution in [-0.4, -0.2) is 64.2 Å². The Labute approximate surface area is 103 Å². The van der Waals surface area contributed by atoms with E-state index in [0.717, 1.165) is 0 Å². The molecule has 18 heavy (non-hydrogen) atoms. The fourth-order valence-electron chi connectivity index (χ4n) is 1.01. The predicted molar refractivity (Wildman–Crippen MR) is 54.5 cm³/mol. The quantitative estimate of drug-likeness (QED) is 0.391. The molecule has 0 unspecified atom stereocenters. The second-order valence-corrected chi connectivity index (χ2v) is 3.21. The van der Waals surface area contributed by atoms with Crippen LogP contribution in [0.25, 0.3) is 0 Å². The molecule has 0 radical (unpaired) electrons. The number of carbonyl (C=O) groups excluding carboxylic acids is 3. The number of carbonyl (C=O) groups is 3. The van der Waals surface area contributed by atoms with Gasteiger partial charge in [0.15, 0.2) is 6.61 Å². The average molecular weight is 262 g/mol. The lowest BCUT2D eigenvalue weighted by Gasteiger charge is -2.06. The van der Waals surface area contributed by atoms with Gasteiger partial charge in [-0.1, -0.05) is 0 Å². The van der Waals surface area contributed by atoms with Gasteiger partial charge in [-0.15, -0.1) is 0 Å². The largest absolute Gasteiger partial charge is 0.462 e. The van der Waals surface area contributed by atoms with E-state index in [1.807, 2.05) is 0 Å². The molecule has 1 fully saturated rings. The molecular weight excluding hydrogens is 248 g/mol. The molecule has 0 N–H and O–H groups in total. The highest BCUT2D eigenvalue weighted by molar-refractivity contribution is 5.77. The Morgan fingerprint density at radius 3 is 1.67 bits per heavy atom. The van der Waals surface area contributed by atoms with Crippen LogP contribution in [0.5, 0.6) is 0 Å². The molecule has 0 amide bonds. The van der Waals surface area contributed by atoms with E-state index in [0.29, 0.717) is 0 Å². The van der Waals surface area contributed by atoms with Crippen molar-refractivity contribution >= 4 is 17.9 Å². The van der Waals surface area contributed by atoms with Crippen molar-refractivity contribution in [2.75, 3.05) is 46.2 Å². The molecule has 1 saturated heterocycles. The van der Waals surface area contributed by atoms with Gasteiger partial charge < -0.3 is 23.7 Å². The molecule has 0 spiro atoms. The third-order valence-corrected chi connectivity index (χ3v) is 1.77. The third-order valence-electron chi connectivity index (χ3n) is 1.77. The van der Waals surface area contributed by atoms with Gasteiger partial charge in [0.2, 0.25) is 0 Å². The van der Waals surface area contributed by atoms with Crippen LogP contribution in [0.1, 0.15) is 0 Å². The highest BCUT2D eigenvalue weighted by Gasteiger charge is 2.11. The number of hydrogen-bond donors (Lipinski definition) is 0. The van der Waals surface area contributed by atoms with Crippen molar-refractivity contribution in [1.29, 1.82) is 0 Å². The van der Waals surface area contributed by atoms with Gasteiger partial charge in [0.25, 0.3) is 0 Å². The van der Waals surface area contributed by atoms with Gasteiger partial charge in [0, 0.05) is 0 Å². The van der Waals surface area contributed by atoms with Crippen LogP contribution in [0.4, 0.5) is 0 Å². The number of cyclic esters (lactones) is 3. The van der Waals surface area contributed by atoms with E-state index in [1.165, 1.54) is 0 Å². The number of hydrogen-bond acceptors (Lipinski definition) is 8. The molecule has 1 aliphatic heterocycles. The smallest absolute Gasteiger partial charge is 0.344 e. The summed E-state index contributed by atoms with van der Waals surface area (Å²) >= 11 is 0. The zero-order chi connectivity index (χ0) is 13.2. The van der Waals surface area contributed by atoms with Crippen LogP contribution in [0.3, 0.4) is 0 Å². The molecule has 0 atom stereocenters. The van der Waals surface area contributed by atoms with Crippen molar-refractivity contribution in [3.05, 3.63) is 0 Å². The summed E-state index contributed by atoms with van der Waals surface area (Å²) in [5.74, 6) is -2.03. The monoisotopic (exact) mass is 262 g/mol. The Bertz CT molecular complexity index is 300. The average Bonchev–Trinajstić information content (AvgIpc) is 2.34. The van der Waals surface area contributed by atoms with E-state index >= 15 is 0 Å². The summed E-state index contributed by atoms with van der Waals surface area (Å²) in [4.78, 5) is 33.1. The van der Waals surface area contributed by atoms with Gasteiger partial charge in [0.1, 0.15) is 26.4 Å². The first-order valence-corrected chi connectivity index (χ1v) is 5.31. The molecule has 0 aliphatic carbocycles. The minimum Gasteiger partial charge on any atom is -0.462 e. The molecule has 8 nitrogen and oxygen atoms in total. The molecule has 1 heterocycles. The first kappa shape index (κ1) is 14.4. The van der Waals surface area contributed by atoms with E-state index < -0.39 is 31.1 Å². The molecular formula is C10H14O8. The Kier molecular flexibility index (Phi) is 6.74. The second-order valence-electron chi connectivity index (χ2n) is 3.21. The Morgan fingerprint density at radius 2 is 1.06 bits per heavy atom. The number of rotatable bonds is 0. The second kappa shape index (κ2) is 8.43. The van der Waals surface area contributed by atoms with E-state index in [2.05, 4.69) is 4.74 Å².